The Kier molecular flexibility index (Phi) is 4.61. The Balaban J connectivity index is 2.09. The Labute approximate surface area is 119 Å². The molecule has 5 heteroatoms. The maximum Gasteiger partial charge on any atom is 0.310 e. The quantitative estimate of drug-likeness (QED) is 0.775. The van der Waals surface area contributed by atoms with Crippen LogP contribution in [-0.4, -0.2) is 50.1 Å². The summed E-state index contributed by atoms with van der Waals surface area (Å²) in [5.41, 5.74) is 2.02. The van der Waals surface area contributed by atoms with Gasteiger partial charge in [0, 0.05) is 38.8 Å². The van der Waals surface area contributed by atoms with E-state index in [4.69, 9.17) is 4.74 Å². The van der Waals surface area contributed by atoms with Crippen molar-refractivity contribution in [2.75, 3.05) is 38.2 Å². The molecule has 0 radical (unpaired) electrons. The zero-order chi connectivity index (χ0) is 14.5. The molecule has 0 atom stereocenters. The highest BCUT2D eigenvalue weighted by atomic mass is 16.5. The largest absolute Gasteiger partial charge is 0.469 e. The predicted octanol–water partition coefficient (Wildman–Crippen LogP) is 1.07. The van der Waals surface area contributed by atoms with Crippen molar-refractivity contribution in [1.82, 2.24) is 4.90 Å². The number of methoxy groups -OCH3 is 1. The monoisotopic (exact) mass is 276 g/mol. The van der Waals surface area contributed by atoms with Gasteiger partial charge in [-0.2, -0.15) is 0 Å². The second-order valence-corrected chi connectivity index (χ2v) is 4.87. The SMILES string of the molecule is COC(=O)Cc1ccccc1N1CCN(C(C)=O)CC1. The van der Waals surface area contributed by atoms with Gasteiger partial charge in [-0.15, -0.1) is 0 Å². The van der Waals surface area contributed by atoms with Crippen LogP contribution in [0, 0.1) is 0 Å². The number of carbonyl (C=O) groups is 2. The van der Waals surface area contributed by atoms with E-state index in [-0.39, 0.29) is 18.3 Å². The number of hydrogen-bond donors (Lipinski definition) is 0. The van der Waals surface area contributed by atoms with Crippen molar-refractivity contribution in [1.29, 1.82) is 0 Å². The highest BCUT2D eigenvalue weighted by Gasteiger charge is 2.20. The van der Waals surface area contributed by atoms with Crippen LogP contribution < -0.4 is 4.90 Å². The molecule has 0 spiro atoms. The Morgan fingerprint density at radius 2 is 1.80 bits per heavy atom. The van der Waals surface area contributed by atoms with Gasteiger partial charge in [0.1, 0.15) is 0 Å². The number of esters is 1. The van der Waals surface area contributed by atoms with Crippen LogP contribution in [0.1, 0.15) is 12.5 Å². The second-order valence-electron chi connectivity index (χ2n) is 4.87. The highest BCUT2D eigenvalue weighted by Crippen LogP contribution is 2.22. The number of rotatable bonds is 3. The number of para-hydroxylation sites is 1. The van der Waals surface area contributed by atoms with Gasteiger partial charge < -0.3 is 14.5 Å². The number of ether oxygens (including phenoxy) is 1. The molecule has 0 aromatic heterocycles. The van der Waals surface area contributed by atoms with E-state index in [0.29, 0.717) is 0 Å². The van der Waals surface area contributed by atoms with Crippen LogP contribution in [0.25, 0.3) is 0 Å². The van der Waals surface area contributed by atoms with Crippen LogP contribution in [-0.2, 0) is 20.7 Å². The first kappa shape index (κ1) is 14.4. The molecule has 1 aromatic carbocycles. The van der Waals surface area contributed by atoms with Gasteiger partial charge in [-0.1, -0.05) is 18.2 Å². The third kappa shape index (κ3) is 3.29. The second kappa shape index (κ2) is 6.41. The molecule has 20 heavy (non-hydrogen) atoms. The maximum atomic E-state index is 11.5. The third-order valence-corrected chi connectivity index (χ3v) is 3.62. The number of hydrogen-bond acceptors (Lipinski definition) is 4. The first-order valence-electron chi connectivity index (χ1n) is 6.77. The van der Waals surface area contributed by atoms with E-state index in [1.54, 1.807) is 6.92 Å². The summed E-state index contributed by atoms with van der Waals surface area (Å²) in [5.74, 6) is -0.118. The fourth-order valence-electron chi connectivity index (χ4n) is 2.46. The van der Waals surface area contributed by atoms with Crippen LogP contribution >= 0.6 is 0 Å². The van der Waals surface area contributed by atoms with Crippen molar-refractivity contribution in [3.8, 4) is 0 Å². The minimum Gasteiger partial charge on any atom is -0.469 e. The lowest BCUT2D eigenvalue weighted by atomic mass is 10.1. The van der Waals surface area contributed by atoms with E-state index in [9.17, 15) is 9.59 Å². The van der Waals surface area contributed by atoms with Gasteiger partial charge in [-0.3, -0.25) is 9.59 Å². The summed E-state index contributed by atoms with van der Waals surface area (Å²) >= 11 is 0. The molecule has 1 saturated heterocycles. The molecule has 1 aliphatic heterocycles. The van der Waals surface area contributed by atoms with Gasteiger partial charge >= 0.3 is 5.97 Å². The number of benzene rings is 1. The number of piperazine rings is 1. The summed E-state index contributed by atoms with van der Waals surface area (Å²) in [7, 11) is 1.40. The standard InChI is InChI=1S/C15H20N2O3/c1-12(18)16-7-9-17(10-8-16)14-6-4-3-5-13(14)11-15(19)20-2/h3-6H,7-11H2,1-2H3. The summed E-state index contributed by atoms with van der Waals surface area (Å²) in [6.07, 6.45) is 0.277. The Morgan fingerprint density at radius 1 is 1.15 bits per heavy atom. The number of amides is 1. The minimum atomic E-state index is -0.236. The molecule has 2 rings (SSSR count). The molecule has 1 aliphatic rings. The topological polar surface area (TPSA) is 49.9 Å². The van der Waals surface area contributed by atoms with Crippen molar-refractivity contribution in [3.05, 3.63) is 29.8 Å². The van der Waals surface area contributed by atoms with E-state index < -0.39 is 0 Å². The van der Waals surface area contributed by atoms with Crippen LogP contribution in [0.2, 0.25) is 0 Å². The van der Waals surface area contributed by atoms with Crippen LogP contribution in [0.4, 0.5) is 5.69 Å². The Hall–Kier alpha value is -2.04. The number of carbonyl (C=O) groups excluding carboxylic acids is 2. The molecule has 5 nitrogen and oxygen atoms in total. The summed E-state index contributed by atoms with van der Waals surface area (Å²) < 4.78 is 4.73. The van der Waals surface area contributed by atoms with E-state index >= 15 is 0 Å². The molecule has 1 fully saturated rings. The first-order chi connectivity index (χ1) is 9.61. The number of anilines is 1. The van der Waals surface area contributed by atoms with Crippen LogP contribution in [0.5, 0.6) is 0 Å². The normalized spacial score (nSPS) is 15.1. The highest BCUT2D eigenvalue weighted by molar-refractivity contribution is 5.76. The number of nitrogens with zero attached hydrogens (tertiary/aromatic N) is 2. The lowest BCUT2D eigenvalue weighted by molar-refractivity contribution is -0.139. The Morgan fingerprint density at radius 3 is 2.40 bits per heavy atom. The van der Waals surface area contributed by atoms with Gasteiger partial charge in [-0.25, -0.2) is 0 Å². The van der Waals surface area contributed by atoms with E-state index in [0.717, 1.165) is 37.4 Å². The first-order valence-corrected chi connectivity index (χ1v) is 6.77. The average molecular weight is 276 g/mol. The van der Waals surface area contributed by atoms with E-state index in [1.165, 1.54) is 7.11 Å². The molecular formula is C15H20N2O3. The van der Waals surface area contributed by atoms with Crippen LogP contribution in [0.3, 0.4) is 0 Å². The van der Waals surface area contributed by atoms with Gasteiger partial charge in [0.05, 0.1) is 13.5 Å². The fourth-order valence-corrected chi connectivity index (χ4v) is 2.46. The maximum absolute atomic E-state index is 11.5. The zero-order valence-corrected chi connectivity index (χ0v) is 12.0. The fraction of sp³-hybridized carbons (Fsp3) is 0.467. The van der Waals surface area contributed by atoms with Crippen molar-refractivity contribution in [3.63, 3.8) is 0 Å². The molecule has 108 valence electrons. The van der Waals surface area contributed by atoms with E-state index in [1.807, 2.05) is 29.2 Å². The van der Waals surface area contributed by atoms with Crippen molar-refractivity contribution in [2.24, 2.45) is 0 Å². The third-order valence-electron chi connectivity index (χ3n) is 3.62. The van der Waals surface area contributed by atoms with Gasteiger partial charge in [0.15, 0.2) is 0 Å². The van der Waals surface area contributed by atoms with Crippen molar-refractivity contribution >= 4 is 17.6 Å². The predicted molar refractivity (Wildman–Crippen MR) is 76.6 cm³/mol. The lowest BCUT2D eigenvalue weighted by Gasteiger charge is -2.36. The molecule has 1 aromatic rings. The van der Waals surface area contributed by atoms with Crippen molar-refractivity contribution < 1.29 is 14.3 Å². The Bertz CT molecular complexity index is 494. The molecule has 0 N–H and O–H groups in total. The summed E-state index contributed by atoms with van der Waals surface area (Å²) in [6.45, 7) is 4.63. The molecule has 1 amide bonds. The summed E-state index contributed by atoms with van der Waals surface area (Å²) in [6, 6.07) is 7.85. The zero-order valence-electron chi connectivity index (χ0n) is 12.0. The van der Waals surface area contributed by atoms with Gasteiger partial charge in [-0.05, 0) is 11.6 Å². The smallest absolute Gasteiger partial charge is 0.310 e. The molecule has 0 bridgehead atoms. The molecule has 0 aliphatic carbocycles. The van der Waals surface area contributed by atoms with Crippen molar-refractivity contribution in [2.45, 2.75) is 13.3 Å². The lowest BCUT2D eigenvalue weighted by Crippen LogP contribution is -2.48. The van der Waals surface area contributed by atoms with Crippen LogP contribution in [0.15, 0.2) is 24.3 Å². The average Bonchev–Trinajstić information content (AvgIpc) is 2.48. The summed E-state index contributed by atoms with van der Waals surface area (Å²) in [5, 5.41) is 0. The minimum absolute atomic E-state index is 0.118. The summed E-state index contributed by atoms with van der Waals surface area (Å²) in [4.78, 5) is 26.9. The molecule has 1 heterocycles. The molecule has 0 saturated carbocycles. The van der Waals surface area contributed by atoms with Gasteiger partial charge in [0.25, 0.3) is 0 Å². The molecule has 0 unspecified atom stereocenters. The molecular weight excluding hydrogens is 256 g/mol. The van der Waals surface area contributed by atoms with Gasteiger partial charge in [0.2, 0.25) is 5.91 Å². The van der Waals surface area contributed by atoms with E-state index in [2.05, 4.69) is 4.90 Å².